The van der Waals surface area contributed by atoms with E-state index in [4.69, 9.17) is 5.21 Å². The van der Waals surface area contributed by atoms with E-state index < -0.39 is 11.9 Å². The number of alkyl halides is 3. The van der Waals surface area contributed by atoms with Gasteiger partial charge in [-0.15, -0.1) is 0 Å². The predicted octanol–water partition coefficient (Wildman–Crippen LogP) is 3.17. The molecule has 0 fully saturated rings. The molecule has 0 aliphatic rings. The zero-order chi connectivity index (χ0) is 8.78. The van der Waals surface area contributed by atoms with Crippen molar-refractivity contribution < 1.29 is 18.4 Å². The van der Waals surface area contributed by atoms with E-state index in [0.717, 1.165) is 0 Å². The Hall–Kier alpha value is 0.720. The molecule has 0 radical (unpaired) electrons. The summed E-state index contributed by atoms with van der Waals surface area (Å²) < 4.78 is 33.5. The van der Waals surface area contributed by atoms with Gasteiger partial charge in [-0.3, -0.25) is 0 Å². The lowest BCUT2D eigenvalue weighted by Gasteiger charge is -2.00. The molecule has 62 valence electrons. The average molecular weight is 381 g/mol. The van der Waals surface area contributed by atoms with Crippen LogP contribution in [0.1, 0.15) is 6.92 Å². The SMILES string of the molecule is CC(=NO)C(F)(F)F.II. The Balaban J connectivity index is 0. The molecule has 2 nitrogen and oxygen atoms in total. The zero-order valence-electron chi connectivity index (χ0n) is 4.78. The standard InChI is InChI=1S/C3H4F3NO.I2/c1-2(7-8)3(4,5)6;1-2/h8H,1H3;. The molecule has 10 heavy (non-hydrogen) atoms. The van der Waals surface area contributed by atoms with Crippen LogP contribution in [0.15, 0.2) is 5.16 Å². The highest BCUT2D eigenvalue weighted by Gasteiger charge is 2.32. The van der Waals surface area contributed by atoms with Crippen molar-refractivity contribution >= 4 is 42.9 Å². The molecular formula is C3H4F3I2NO. The van der Waals surface area contributed by atoms with Crippen molar-refractivity contribution in [2.24, 2.45) is 5.16 Å². The number of rotatable bonds is 0. The third-order valence-electron chi connectivity index (χ3n) is 0.560. The highest BCUT2D eigenvalue weighted by Crippen LogP contribution is 2.15. The van der Waals surface area contributed by atoms with E-state index in [-0.39, 0.29) is 0 Å². The fourth-order valence-corrected chi connectivity index (χ4v) is 0.0567. The lowest BCUT2D eigenvalue weighted by molar-refractivity contribution is -0.0613. The maximum Gasteiger partial charge on any atom is 0.432 e. The molecule has 0 bridgehead atoms. The van der Waals surface area contributed by atoms with Gasteiger partial charge in [-0.05, 0) is 6.92 Å². The van der Waals surface area contributed by atoms with Crippen molar-refractivity contribution in [1.29, 1.82) is 0 Å². The van der Waals surface area contributed by atoms with Gasteiger partial charge in [0.15, 0.2) is 5.71 Å². The Morgan fingerprint density at radius 3 is 1.70 bits per heavy atom. The van der Waals surface area contributed by atoms with Crippen LogP contribution in [0, 0.1) is 0 Å². The minimum atomic E-state index is -4.49. The molecule has 0 atom stereocenters. The fraction of sp³-hybridized carbons (Fsp3) is 0.667. The van der Waals surface area contributed by atoms with Crippen LogP contribution in [0.5, 0.6) is 0 Å². The summed E-state index contributed by atoms with van der Waals surface area (Å²) in [6, 6.07) is 0. The summed E-state index contributed by atoms with van der Waals surface area (Å²) in [5, 5.41) is 9.49. The molecule has 0 aromatic heterocycles. The van der Waals surface area contributed by atoms with E-state index in [0.29, 0.717) is 6.92 Å². The lowest BCUT2D eigenvalue weighted by atomic mass is 10.4. The summed E-state index contributed by atoms with van der Waals surface area (Å²) in [7, 11) is 0. The second-order valence-electron chi connectivity index (χ2n) is 1.18. The van der Waals surface area contributed by atoms with Crippen LogP contribution in [0.3, 0.4) is 0 Å². The van der Waals surface area contributed by atoms with Gasteiger partial charge >= 0.3 is 6.18 Å². The van der Waals surface area contributed by atoms with Gasteiger partial charge < -0.3 is 5.21 Å². The molecule has 0 amide bonds. The molecule has 0 aliphatic carbocycles. The summed E-state index contributed by atoms with van der Waals surface area (Å²) in [6.45, 7) is 0.681. The first-order valence-electron chi connectivity index (χ1n) is 1.88. The monoisotopic (exact) mass is 381 g/mol. The van der Waals surface area contributed by atoms with Gasteiger partial charge in [-0.25, -0.2) is 0 Å². The maximum atomic E-state index is 11.2. The fourth-order valence-electron chi connectivity index (χ4n) is 0.0567. The number of nitrogens with zero attached hydrogens (tertiary/aromatic N) is 1. The Morgan fingerprint density at radius 2 is 1.70 bits per heavy atom. The van der Waals surface area contributed by atoms with Crippen LogP contribution in [0.2, 0.25) is 0 Å². The molecule has 0 heterocycles. The molecule has 0 aliphatic heterocycles. The topological polar surface area (TPSA) is 32.6 Å². The lowest BCUT2D eigenvalue weighted by Crippen LogP contribution is -2.18. The maximum absolute atomic E-state index is 11.2. The van der Waals surface area contributed by atoms with Crippen molar-refractivity contribution in [2.45, 2.75) is 13.1 Å². The molecule has 1 N–H and O–H groups in total. The molecule has 0 unspecified atom stereocenters. The first-order chi connectivity index (χ1) is 4.48. The highest BCUT2D eigenvalue weighted by atomic mass is 128. The molecule has 0 aromatic rings. The minimum absolute atomic E-state index is 0.681. The Morgan fingerprint density at radius 1 is 1.40 bits per heavy atom. The van der Waals surface area contributed by atoms with Crippen LogP contribution in [-0.2, 0) is 0 Å². The normalized spacial score (nSPS) is 12.0. The molecule has 0 rings (SSSR count). The van der Waals surface area contributed by atoms with Gasteiger partial charge in [0.1, 0.15) is 0 Å². The molecule has 0 aromatic carbocycles. The summed E-state index contributed by atoms with van der Waals surface area (Å²) in [6.07, 6.45) is -4.49. The van der Waals surface area contributed by atoms with E-state index in [1.807, 2.05) is 5.16 Å². The van der Waals surface area contributed by atoms with Crippen molar-refractivity contribution in [3.05, 3.63) is 0 Å². The van der Waals surface area contributed by atoms with E-state index in [1.165, 1.54) is 0 Å². The number of hydrogen-bond acceptors (Lipinski definition) is 2. The van der Waals surface area contributed by atoms with Crippen LogP contribution in [0.25, 0.3) is 0 Å². The molecule has 0 saturated heterocycles. The summed E-state index contributed by atoms with van der Waals surface area (Å²) in [5.41, 5.74) is -1.24. The van der Waals surface area contributed by atoms with Gasteiger partial charge in [-0.2, -0.15) is 13.2 Å². The number of oxime groups is 1. The van der Waals surface area contributed by atoms with Gasteiger partial charge in [0.25, 0.3) is 0 Å². The highest BCUT2D eigenvalue weighted by molar-refractivity contribution is 15.0. The molecular weight excluding hydrogens is 377 g/mol. The van der Waals surface area contributed by atoms with Gasteiger partial charge in [-0.1, -0.05) is 5.16 Å². The van der Waals surface area contributed by atoms with Crippen molar-refractivity contribution in [1.82, 2.24) is 0 Å². The Bertz CT molecular complexity index is 113. The van der Waals surface area contributed by atoms with E-state index >= 15 is 0 Å². The number of hydrogen-bond donors (Lipinski definition) is 1. The van der Waals surface area contributed by atoms with Gasteiger partial charge in [0, 0.05) is 37.2 Å². The zero-order valence-corrected chi connectivity index (χ0v) is 9.10. The third-order valence-corrected chi connectivity index (χ3v) is 0.560. The summed E-state index contributed by atoms with van der Waals surface area (Å²) in [4.78, 5) is 0. The minimum Gasteiger partial charge on any atom is -0.411 e. The van der Waals surface area contributed by atoms with Gasteiger partial charge in [0.2, 0.25) is 0 Å². The average Bonchev–Trinajstić information content (AvgIpc) is 1.89. The van der Waals surface area contributed by atoms with Crippen molar-refractivity contribution in [3.8, 4) is 0 Å². The third kappa shape index (κ3) is 6.83. The first-order valence-corrected chi connectivity index (χ1v) is 8.17. The second-order valence-corrected chi connectivity index (χ2v) is 1.18. The van der Waals surface area contributed by atoms with Crippen molar-refractivity contribution in [3.63, 3.8) is 0 Å². The predicted molar refractivity (Wildman–Crippen MR) is 49.0 cm³/mol. The first kappa shape index (κ1) is 13.3. The Kier molecular flexibility index (Phi) is 8.57. The molecule has 7 heteroatoms. The van der Waals surface area contributed by atoms with E-state index in [9.17, 15) is 13.2 Å². The van der Waals surface area contributed by atoms with E-state index in [2.05, 4.69) is 37.2 Å². The second kappa shape index (κ2) is 6.43. The largest absolute Gasteiger partial charge is 0.432 e. The van der Waals surface area contributed by atoms with Crippen LogP contribution >= 0.6 is 37.2 Å². The van der Waals surface area contributed by atoms with Crippen LogP contribution in [0.4, 0.5) is 13.2 Å². The van der Waals surface area contributed by atoms with E-state index in [1.54, 1.807) is 0 Å². The summed E-state index contributed by atoms with van der Waals surface area (Å²) in [5.74, 6) is 0. The van der Waals surface area contributed by atoms with Crippen LogP contribution in [-0.4, -0.2) is 17.1 Å². The van der Waals surface area contributed by atoms with Crippen LogP contribution < -0.4 is 0 Å². The Labute approximate surface area is 79.2 Å². The van der Waals surface area contributed by atoms with Crippen molar-refractivity contribution in [2.75, 3.05) is 0 Å². The number of halogens is 5. The molecule has 0 spiro atoms. The van der Waals surface area contributed by atoms with Gasteiger partial charge in [0.05, 0.1) is 0 Å². The quantitative estimate of drug-likeness (QED) is 0.298. The molecule has 0 saturated carbocycles. The smallest absolute Gasteiger partial charge is 0.411 e. The summed E-state index contributed by atoms with van der Waals surface area (Å²) >= 11 is 4.24.